The number of benzene rings is 1. The number of amides is 2. The molecule has 1 aromatic carbocycles. The first-order chi connectivity index (χ1) is 13.3. The van der Waals surface area contributed by atoms with E-state index in [1.807, 2.05) is 57.2 Å². The molecule has 2 heterocycles. The van der Waals surface area contributed by atoms with E-state index in [1.54, 1.807) is 16.9 Å². The number of hydrogen-bond acceptors (Lipinski definition) is 5. The van der Waals surface area contributed by atoms with E-state index in [2.05, 4.69) is 0 Å². The van der Waals surface area contributed by atoms with Gasteiger partial charge in [-0.05, 0) is 32.4 Å². The fourth-order valence-corrected chi connectivity index (χ4v) is 4.08. The van der Waals surface area contributed by atoms with Gasteiger partial charge < -0.3 is 19.3 Å². The second kappa shape index (κ2) is 8.22. The Morgan fingerprint density at radius 1 is 1.00 bits per heavy atom. The lowest BCUT2D eigenvalue weighted by Gasteiger charge is -2.35. The zero-order valence-electron chi connectivity index (χ0n) is 16.7. The van der Waals surface area contributed by atoms with E-state index in [9.17, 15) is 9.59 Å². The molecule has 7 heteroatoms. The van der Waals surface area contributed by atoms with Crippen LogP contribution in [0.5, 0.6) is 5.75 Å². The topological polar surface area (TPSA) is 59.1 Å². The van der Waals surface area contributed by atoms with Gasteiger partial charge in [0.2, 0.25) is 0 Å². The summed E-state index contributed by atoms with van der Waals surface area (Å²) >= 11 is 1.43. The number of thiophene rings is 1. The lowest BCUT2D eigenvalue weighted by Crippen LogP contribution is -2.51. The summed E-state index contributed by atoms with van der Waals surface area (Å²) in [6.45, 7) is 7.40. The predicted molar refractivity (Wildman–Crippen MR) is 110 cm³/mol. The van der Waals surface area contributed by atoms with Gasteiger partial charge in [0, 0.05) is 31.1 Å². The molecule has 0 atom stereocenters. The number of rotatable bonds is 3. The largest absolute Gasteiger partial charge is 0.495 e. The van der Waals surface area contributed by atoms with Gasteiger partial charge in [0.15, 0.2) is 0 Å². The van der Waals surface area contributed by atoms with Crippen LogP contribution in [0.25, 0.3) is 10.4 Å². The number of carbonyl (C=O) groups is 2. The van der Waals surface area contributed by atoms with Gasteiger partial charge in [-0.15, -0.1) is 11.3 Å². The number of methoxy groups -OCH3 is 1. The second-order valence-corrected chi connectivity index (χ2v) is 8.69. The maximum absolute atomic E-state index is 13.1. The van der Waals surface area contributed by atoms with Gasteiger partial charge in [0.25, 0.3) is 5.91 Å². The van der Waals surface area contributed by atoms with Crippen LogP contribution in [-0.2, 0) is 4.74 Å². The smallest absolute Gasteiger partial charge is 0.410 e. The molecule has 0 N–H and O–H groups in total. The Labute approximate surface area is 169 Å². The zero-order valence-corrected chi connectivity index (χ0v) is 17.5. The first-order valence-electron chi connectivity index (χ1n) is 9.29. The summed E-state index contributed by atoms with van der Waals surface area (Å²) in [6.07, 6.45) is -0.334. The average Bonchev–Trinajstić information content (AvgIpc) is 3.11. The Morgan fingerprint density at radius 3 is 2.18 bits per heavy atom. The zero-order chi connectivity index (χ0) is 20.3. The minimum Gasteiger partial charge on any atom is -0.495 e. The van der Waals surface area contributed by atoms with E-state index >= 15 is 0 Å². The summed E-state index contributed by atoms with van der Waals surface area (Å²) in [7, 11) is 1.58. The fourth-order valence-electron chi connectivity index (χ4n) is 2.98. The summed E-state index contributed by atoms with van der Waals surface area (Å²) in [6, 6.07) is 11.8. The Balaban J connectivity index is 1.69. The Hall–Kier alpha value is -2.54. The highest BCUT2D eigenvalue weighted by Crippen LogP contribution is 2.37. The predicted octanol–water partition coefficient (Wildman–Crippen LogP) is 4.12. The van der Waals surface area contributed by atoms with E-state index in [0.29, 0.717) is 36.8 Å². The van der Waals surface area contributed by atoms with Crippen molar-refractivity contribution in [3.63, 3.8) is 0 Å². The Morgan fingerprint density at radius 2 is 1.61 bits per heavy atom. The van der Waals surface area contributed by atoms with E-state index in [4.69, 9.17) is 9.47 Å². The van der Waals surface area contributed by atoms with E-state index < -0.39 is 5.60 Å². The summed E-state index contributed by atoms with van der Waals surface area (Å²) in [5, 5.41) is 0. The number of piperazine rings is 1. The van der Waals surface area contributed by atoms with E-state index in [0.717, 1.165) is 10.4 Å². The molecule has 28 heavy (non-hydrogen) atoms. The van der Waals surface area contributed by atoms with Crippen LogP contribution in [0.2, 0.25) is 0 Å². The first-order valence-corrected chi connectivity index (χ1v) is 10.1. The molecule has 0 spiro atoms. The maximum atomic E-state index is 13.1. The van der Waals surface area contributed by atoms with Gasteiger partial charge in [0.05, 0.1) is 7.11 Å². The molecule has 0 bridgehead atoms. The number of carbonyl (C=O) groups excluding carboxylic acids is 2. The van der Waals surface area contributed by atoms with Gasteiger partial charge in [-0.3, -0.25) is 4.79 Å². The van der Waals surface area contributed by atoms with Crippen LogP contribution in [0.1, 0.15) is 30.4 Å². The molecule has 1 aliphatic heterocycles. The van der Waals surface area contributed by atoms with Crippen LogP contribution >= 0.6 is 11.3 Å². The van der Waals surface area contributed by atoms with Crippen molar-refractivity contribution in [2.24, 2.45) is 0 Å². The van der Waals surface area contributed by atoms with E-state index in [1.165, 1.54) is 11.3 Å². The molecule has 150 valence electrons. The normalized spacial score (nSPS) is 14.7. The molecule has 2 aromatic rings. The van der Waals surface area contributed by atoms with Crippen molar-refractivity contribution in [1.29, 1.82) is 0 Å². The Kier molecular flexibility index (Phi) is 5.93. The highest BCUT2D eigenvalue weighted by molar-refractivity contribution is 7.17. The summed E-state index contributed by atoms with van der Waals surface area (Å²) in [5.74, 6) is 0.524. The molecule has 3 rings (SSSR count). The van der Waals surface area contributed by atoms with Crippen molar-refractivity contribution in [2.45, 2.75) is 26.4 Å². The number of hydrogen-bond donors (Lipinski definition) is 0. The van der Waals surface area contributed by atoms with Gasteiger partial charge in [-0.25, -0.2) is 4.79 Å². The van der Waals surface area contributed by atoms with Crippen molar-refractivity contribution < 1.29 is 19.1 Å². The van der Waals surface area contributed by atoms with Gasteiger partial charge in [0.1, 0.15) is 16.2 Å². The van der Waals surface area contributed by atoms with Crippen LogP contribution < -0.4 is 4.74 Å². The highest BCUT2D eigenvalue weighted by Gasteiger charge is 2.30. The van der Waals surface area contributed by atoms with Gasteiger partial charge >= 0.3 is 6.09 Å². The van der Waals surface area contributed by atoms with Crippen LogP contribution in [0.4, 0.5) is 4.79 Å². The number of nitrogens with zero attached hydrogens (tertiary/aromatic N) is 2. The van der Waals surface area contributed by atoms with Crippen LogP contribution in [0, 0.1) is 0 Å². The third-order valence-corrected chi connectivity index (χ3v) is 5.54. The van der Waals surface area contributed by atoms with Crippen molar-refractivity contribution in [1.82, 2.24) is 9.80 Å². The van der Waals surface area contributed by atoms with Crippen molar-refractivity contribution in [3.8, 4) is 16.2 Å². The third kappa shape index (κ3) is 4.65. The fraction of sp³-hybridized carbons (Fsp3) is 0.429. The average molecular weight is 403 g/mol. The van der Waals surface area contributed by atoms with Gasteiger partial charge in [-0.1, -0.05) is 30.3 Å². The monoisotopic (exact) mass is 402 g/mol. The van der Waals surface area contributed by atoms with Crippen LogP contribution in [0.3, 0.4) is 0 Å². The third-order valence-electron chi connectivity index (χ3n) is 4.39. The minimum absolute atomic E-state index is 0.0622. The molecule has 0 unspecified atom stereocenters. The molecule has 0 aliphatic carbocycles. The quantitative estimate of drug-likeness (QED) is 0.775. The number of ether oxygens (including phenoxy) is 2. The molecule has 1 fully saturated rings. The SMILES string of the molecule is COc1cc(-c2ccccc2)sc1C(=O)N1CCN(C(=O)OC(C)(C)C)CC1. The van der Waals surface area contributed by atoms with E-state index in [-0.39, 0.29) is 12.0 Å². The molecule has 1 aromatic heterocycles. The minimum atomic E-state index is -0.526. The molecular weight excluding hydrogens is 376 g/mol. The van der Waals surface area contributed by atoms with Crippen molar-refractivity contribution >= 4 is 23.3 Å². The summed E-state index contributed by atoms with van der Waals surface area (Å²) in [4.78, 5) is 30.3. The molecule has 2 amide bonds. The maximum Gasteiger partial charge on any atom is 0.410 e. The Bertz CT molecular complexity index is 834. The molecule has 0 radical (unpaired) electrons. The van der Waals surface area contributed by atoms with Crippen molar-refractivity contribution in [3.05, 3.63) is 41.3 Å². The molecular formula is C21H26N2O4S. The second-order valence-electron chi connectivity index (χ2n) is 7.63. The molecule has 6 nitrogen and oxygen atoms in total. The highest BCUT2D eigenvalue weighted by atomic mass is 32.1. The van der Waals surface area contributed by atoms with Crippen LogP contribution in [0.15, 0.2) is 36.4 Å². The lowest BCUT2D eigenvalue weighted by atomic mass is 10.2. The first kappa shape index (κ1) is 20.2. The molecule has 1 aliphatic rings. The summed E-state index contributed by atoms with van der Waals surface area (Å²) < 4.78 is 10.9. The molecule has 1 saturated heterocycles. The standard InChI is InChI=1S/C21H26N2O4S/c1-21(2,3)27-20(25)23-12-10-22(11-13-23)19(24)18-16(26-4)14-17(28-18)15-8-6-5-7-9-15/h5-9,14H,10-13H2,1-4H3. The summed E-state index contributed by atoms with van der Waals surface area (Å²) in [5.41, 5.74) is 0.530. The molecule has 0 saturated carbocycles. The van der Waals surface area contributed by atoms with Gasteiger partial charge in [-0.2, -0.15) is 0 Å². The van der Waals surface area contributed by atoms with Crippen LogP contribution in [-0.4, -0.2) is 60.7 Å². The van der Waals surface area contributed by atoms with Crippen molar-refractivity contribution in [2.75, 3.05) is 33.3 Å². The lowest BCUT2D eigenvalue weighted by molar-refractivity contribution is 0.0141.